The summed E-state index contributed by atoms with van der Waals surface area (Å²) in [6.45, 7) is 0. The van der Waals surface area contributed by atoms with Gasteiger partial charge in [-0.15, -0.1) is 0 Å². The molecule has 1 heterocycles. The third kappa shape index (κ3) is 3.47. The number of anilines is 2. The van der Waals surface area contributed by atoms with Crippen molar-refractivity contribution in [1.29, 1.82) is 0 Å². The number of rotatable bonds is 4. The molecule has 0 amide bonds. The molecule has 2 rings (SSSR count). The average Bonchev–Trinajstić information content (AvgIpc) is 2.52. The van der Waals surface area contributed by atoms with Crippen LogP contribution in [0.4, 0.5) is 30.5 Å². The maximum Gasteiger partial charge on any atom is 0.423 e. The van der Waals surface area contributed by atoms with Gasteiger partial charge in [-0.3, -0.25) is 10.1 Å². The molecule has 2 aromatic rings. The van der Waals surface area contributed by atoms with Crippen LogP contribution in [0.2, 0.25) is 0 Å². The van der Waals surface area contributed by atoms with Crippen LogP contribution in [0.3, 0.4) is 0 Å². The fraction of sp³-hybridized carbons (Fsp3) is 0.231. The number of benzene rings is 1. The number of halogens is 3. The summed E-state index contributed by atoms with van der Waals surface area (Å²) in [5, 5.41) is 10.8. The van der Waals surface area contributed by atoms with Crippen molar-refractivity contribution < 1.29 is 22.8 Å². The number of hydrogen-bond acceptors (Lipinski definition) is 6. The molecule has 0 bridgehead atoms. The van der Waals surface area contributed by atoms with Gasteiger partial charge in [0.05, 0.1) is 17.7 Å². The van der Waals surface area contributed by atoms with Crippen LogP contribution in [0.15, 0.2) is 30.5 Å². The molecule has 0 fully saturated rings. The maximum absolute atomic E-state index is 12.8. The molecule has 0 radical (unpaired) electrons. The van der Waals surface area contributed by atoms with Crippen molar-refractivity contribution in [3.8, 4) is 5.88 Å². The Bertz CT molecular complexity index is 737. The fourth-order valence-corrected chi connectivity index (χ4v) is 1.80. The van der Waals surface area contributed by atoms with Crippen LogP contribution in [0.1, 0.15) is 5.56 Å². The summed E-state index contributed by atoms with van der Waals surface area (Å²) >= 11 is 0. The number of alkyl halides is 3. The minimum absolute atomic E-state index is 0.0876. The summed E-state index contributed by atoms with van der Waals surface area (Å²) in [6, 6.07) is 5.55. The SMILES string of the molecule is COc1nc(N(C)c2cccc([N+](=O)[O-])c2)ncc1C(F)(F)F. The molecule has 0 aliphatic heterocycles. The Labute approximate surface area is 128 Å². The highest BCUT2D eigenvalue weighted by atomic mass is 19.4. The molecule has 0 aliphatic rings. The molecule has 0 saturated carbocycles. The predicted molar refractivity (Wildman–Crippen MR) is 74.7 cm³/mol. The molecule has 7 nitrogen and oxygen atoms in total. The molecule has 0 N–H and O–H groups in total. The van der Waals surface area contributed by atoms with Gasteiger partial charge in [0.1, 0.15) is 5.56 Å². The number of non-ortho nitro benzene ring substituents is 1. The van der Waals surface area contributed by atoms with Gasteiger partial charge in [-0.25, -0.2) is 4.98 Å². The summed E-state index contributed by atoms with van der Waals surface area (Å²) in [4.78, 5) is 18.9. The molecular weight excluding hydrogens is 317 g/mol. The number of nitro benzene ring substituents is 1. The van der Waals surface area contributed by atoms with Crippen LogP contribution in [-0.2, 0) is 6.18 Å². The number of nitro groups is 1. The van der Waals surface area contributed by atoms with E-state index >= 15 is 0 Å². The number of aromatic nitrogens is 2. The highest BCUT2D eigenvalue weighted by molar-refractivity contribution is 5.60. The average molecular weight is 328 g/mol. The van der Waals surface area contributed by atoms with Crippen molar-refractivity contribution in [2.45, 2.75) is 6.18 Å². The van der Waals surface area contributed by atoms with Crippen molar-refractivity contribution >= 4 is 17.3 Å². The Hall–Kier alpha value is -2.91. The van der Waals surface area contributed by atoms with Crippen LogP contribution < -0.4 is 9.64 Å². The van der Waals surface area contributed by atoms with Crippen LogP contribution in [0.25, 0.3) is 0 Å². The lowest BCUT2D eigenvalue weighted by atomic mass is 10.2. The summed E-state index contributed by atoms with van der Waals surface area (Å²) in [6.07, 6.45) is -4.04. The summed E-state index contributed by atoms with van der Waals surface area (Å²) in [7, 11) is 2.54. The minimum atomic E-state index is -4.64. The lowest BCUT2D eigenvalue weighted by molar-refractivity contribution is -0.384. The zero-order chi connectivity index (χ0) is 17.2. The van der Waals surface area contributed by atoms with Crippen molar-refractivity contribution in [3.05, 3.63) is 46.1 Å². The number of methoxy groups -OCH3 is 1. The van der Waals surface area contributed by atoms with Crippen LogP contribution in [-0.4, -0.2) is 29.0 Å². The third-order valence-electron chi connectivity index (χ3n) is 2.97. The van der Waals surface area contributed by atoms with E-state index in [2.05, 4.69) is 14.7 Å². The molecule has 122 valence electrons. The van der Waals surface area contributed by atoms with E-state index in [1.807, 2.05) is 0 Å². The minimum Gasteiger partial charge on any atom is -0.480 e. The largest absolute Gasteiger partial charge is 0.480 e. The highest BCUT2D eigenvalue weighted by Crippen LogP contribution is 2.36. The van der Waals surface area contributed by atoms with Gasteiger partial charge in [0, 0.05) is 25.4 Å². The van der Waals surface area contributed by atoms with E-state index in [9.17, 15) is 23.3 Å². The van der Waals surface area contributed by atoms with Crippen molar-refractivity contribution in [2.75, 3.05) is 19.1 Å². The standard InChI is InChI=1S/C13H11F3N4O3/c1-19(8-4-3-5-9(6-8)20(21)22)12-17-7-10(13(14,15)16)11(18-12)23-2/h3-7H,1-2H3. The molecule has 0 aliphatic carbocycles. The third-order valence-corrected chi connectivity index (χ3v) is 2.97. The van der Waals surface area contributed by atoms with Gasteiger partial charge in [0.2, 0.25) is 11.8 Å². The molecule has 10 heteroatoms. The first-order chi connectivity index (χ1) is 10.7. The van der Waals surface area contributed by atoms with Crippen molar-refractivity contribution in [2.24, 2.45) is 0 Å². The molecule has 0 unspecified atom stereocenters. The Morgan fingerprint density at radius 2 is 2.04 bits per heavy atom. The molecular formula is C13H11F3N4O3. The van der Waals surface area contributed by atoms with Crippen molar-refractivity contribution in [3.63, 3.8) is 0 Å². The Morgan fingerprint density at radius 1 is 1.35 bits per heavy atom. The molecule has 1 aromatic heterocycles. The first kappa shape index (κ1) is 16.5. The van der Waals surface area contributed by atoms with Gasteiger partial charge in [0.15, 0.2) is 0 Å². The summed E-state index contributed by atoms with van der Waals surface area (Å²) < 4.78 is 43.0. The quantitative estimate of drug-likeness (QED) is 0.633. The van der Waals surface area contributed by atoms with Crippen molar-refractivity contribution in [1.82, 2.24) is 9.97 Å². The number of nitrogens with zero attached hydrogens (tertiary/aromatic N) is 4. The van der Waals surface area contributed by atoms with E-state index in [1.165, 1.54) is 30.1 Å². The maximum atomic E-state index is 12.8. The molecule has 23 heavy (non-hydrogen) atoms. The van der Waals surface area contributed by atoms with E-state index < -0.39 is 22.5 Å². The Morgan fingerprint density at radius 3 is 2.61 bits per heavy atom. The first-order valence-electron chi connectivity index (χ1n) is 6.20. The van der Waals surface area contributed by atoms with E-state index in [1.54, 1.807) is 6.07 Å². The zero-order valence-corrected chi connectivity index (χ0v) is 12.0. The van der Waals surface area contributed by atoms with E-state index in [0.29, 0.717) is 11.9 Å². The second-order valence-electron chi connectivity index (χ2n) is 4.43. The monoisotopic (exact) mass is 328 g/mol. The highest BCUT2D eigenvalue weighted by Gasteiger charge is 2.36. The number of hydrogen-bond donors (Lipinski definition) is 0. The normalized spacial score (nSPS) is 11.2. The van der Waals surface area contributed by atoms with Gasteiger partial charge in [-0.2, -0.15) is 18.2 Å². The smallest absolute Gasteiger partial charge is 0.423 e. The molecule has 0 saturated heterocycles. The Kier molecular flexibility index (Phi) is 4.34. The van der Waals surface area contributed by atoms with Crippen LogP contribution in [0.5, 0.6) is 5.88 Å². The Balaban J connectivity index is 2.42. The van der Waals surface area contributed by atoms with E-state index in [0.717, 1.165) is 7.11 Å². The summed E-state index contributed by atoms with van der Waals surface area (Å²) in [5.41, 5.74) is -0.912. The van der Waals surface area contributed by atoms with E-state index in [-0.39, 0.29) is 11.6 Å². The number of ether oxygens (including phenoxy) is 1. The second kappa shape index (κ2) is 6.07. The van der Waals surface area contributed by atoms with Gasteiger partial charge < -0.3 is 9.64 Å². The van der Waals surface area contributed by atoms with Gasteiger partial charge in [-0.05, 0) is 6.07 Å². The van der Waals surface area contributed by atoms with Gasteiger partial charge >= 0.3 is 6.18 Å². The lowest BCUT2D eigenvalue weighted by Gasteiger charge is -2.18. The molecule has 0 spiro atoms. The van der Waals surface area contributed by atoms with Crippen LogP contribution >= 0.6 is 0 Å². The first-order valence-corrected chi connectivity index (χ1v) is 6.20. The molecule has 0 atom stereocenters. The van der Waals surface area contributed by atoms with E-state index in [4.69, 9.17) is 0 Å². The fourth-order valence-electron chi connectivity index (χ4n) is 1.80. The van der Waals surface area contributed by atoms with Gasteiger partial charge in [0.25, 0.3) is 5.69 Å². The topological polar surface area (TPSA) is 81.4 Å². The second-order valence-corrected chi connectivity index (χ2v) is 4.43. The molecule has 1 aromatic carbocycles. The predicted octanol–water partition coefficient (Wildman–Crippen LogP) is 3.18. The summed E-state index contributed by atoms with van der Waals surface area (Å²) in [5.74, 6) is -0.713. The zero-order valence-electron chi connectivity index (χ0n) is 12.0. The van der Waals surface area contributed by atoms with Gasteiger partial charge in [-0.1, -0.05) is 6.07 Å². The lowest BCUT2D eigenvalue weighted by Crippen LogP contribution is -2.16. The van der Waals surface area contributed by atoms with Crippen LogP contribution in [0, 0.1) is 10.1 Å².